The summed E-state index contributed by atoms with van der Waals surface area (Å²) in [7, 11) is 3.16. The molecule has 6 heteroatoms. The van der Waals surface area contributed by atoms with Crippen LogP contribution in [-0.4, -0.2) is 44.0 Å². The van der Waals surface area contributed by atoms with E-state index in [9.17, 15) is 14.0 Å². The number of amides is 1. The molecule has 0 aromatic heterocycles. The largest absolute Gasteiger partial charge is 0.469 e. The molecule has 1 rings (SSSR count). The molecular weight excluding hydrogens is 263 g/mol. The highest BCUT2D eigenvalue weighted by Gasteiger charge is 2.07. The van der Waals surface area contributed by atoms with E-state index in [-0.39, 0.29) is 18.3 Å². The summed E-state index contributed by atoms with van der Waals surface area (Å²) in [4.78, 5) is 24.5. The number of hydrogen-bond acceptors (Lipinski definition) is 4. The van der Waals surface area contributed by atoms with Crippen molar-refractivity contribution in [3.8, 4) is 0 Å². The maximum Gasteiger partial charge on any atom is 0.306 e. The molecule has 0 bridgehead atoms. The van der Waals surface area contributed by atoms with Crippen LogP contribution in [0.4, 0.5) is 10.1 Å². The lowest BCUT2D eigenvalue weighted by Crippen LogP contribution is -2.26. The predicted molar refractivity (Wildman–Crippen MR) is 73.8 cm³/mol. The third kappa shape index (κ3) is 6.29. The number of esters is 1. The van der Waals surface area contributed by atoms with Gasteiger partial charge < -0.3 is 15.0 Å². The molecular formula is C14H19FN2O3. The zero-order chi connectivity index (χ0) is 15.0. The number of halogens is 1. The van der Waals surface area contributed by atoms with Crippen LogP contribution in [0.5, 0.6) is 0 Å². The zero-order valence-corrected chi connectivity index (χ0v) is 11.7. The van der Waals surface area contributed by atoms with Gasteiger partial charge in [-0.3, -0.25) is 9.59 Å². The summed E-state index contributed by atoms with van der Waals surface area (Å²) in [5.41, 5.74) is 0.437. The highest BCUT2D eigenvalue weighted by Crippen LogP contribution is 2.09. The van der Waals surface area contributed by atoms with Crippen LogP contribution in [0, 0.1) is 5.82 Å². The molecule has 1 aromatic carbocycles. The molecule has 110 valence electrons. The molecule has 0 aliphatic heterocycles. The van der Waals surface area contributed by atoms with E-state index in [1.165, 1.54) is 25.3 Å². The fraction of sp³-hybridized carbons (Fsp3) is 0.429. The van der Waals surface area contributed by atoms with Crippen molar-refractivity contribution in [3.05, 3.63) is 30.1 Å². The molecule has 20 heavy (non-hydrogen) atoms. The van der Waals surface area contributed by atoms with Gasteiger partial charge in [-0.1, -0.05) is 6.07 Å². The number of nitrogens with zero attached hydrogens (tertiary/aromatic N) is 1. The van der Waals surface area contributed by atoms with E-state index in [4.69, 9.17) is 0 Å². The van der Waals surface area contributed by atoms with Crippen LogP contribution in [0.2, 0.25) is 0 Å². The van der Waals surface area contributed by atoms with Gasteiger partial charge >= 0.3 is 5.97 Å². The molecule has 1 aromatic rings. The Labute approximate surface area is 117 Å². The van der Waals surface area contributed by atoms with Crippen molar-refractivity contribution in [2.24, 2.45) is 0 Å². The topological polar surface area (TPSA) is 58.6 Å². The van der Waals surface area contributed by atoms with Crippen LogP contribution in [0.15, 0.2) is 24.3 Å². The van der Waals surface area contributed by atoms with Gasteiger partial charge in [-0.05, 0) is 25.2 Å². The Morgan fingerprint density at radius 1 is 1.30 bits per heavy atom. The summed E-state index contributed by atoms with van der Waals surface area (Å²) in [6.45, 7) is 1.04. The number of ether oxygens (including phenoxy) is 1. The molecule has 0 fully saturated rings. The predicted octanol–water partition coefficient (Wildman–Crippen LogP) is 1.65. The van der Waals surface area contributed by atoms with Crippen LogP contribution in [0.1, 0.15) is 12.8 Å². The quantitative estimate of drug-likeness (QED) is 0.773. The van der Waals surface area contributed by atoms with Gasteiger partial charge in [-0.2, -0.15) is 0 Å². The van der Waals surface area contributed by atoms with Crippen molar-refractivity contribution < 1.29 is 18.7 Å². The molecule has 0 saturated heterocycles. The van der Waals surface area contributed by atoms with E-state index in [2.05, 4.69) is 10.1 Å². The van der Waals surface area contributed by atoms with Gasteiger partial charge in [0.2, 0.25) is 5.91 Å². The standard InChI is InChI=1S/C14H19FN2O3/c1-17(9-7-14(19)20-2)8-6-13(18)16-12-5-3-4-11(15)10-12/h3-5,10H,6-9H2,1-2H3,(H,16,18). The molecule has 0 atom stereocenters. The molecule has 0 aliphatic carbocycles. The normalized spacial score (nSPS) is 10.4. The number of nitrogens with one attached hydrogen (secondary N) is 1. The minimum absolute atomic E-state index is 0.194. The van der Waals surface area contributed by atoms with Crippen LogP contribution >= 0.6 is 0 Å². The molecule has 5 nitrogen and oxygen atoms in total. The first-order valence-electron chi connectivity index (χ1n) is 6.32. The fourth-order valence-corrected chi connectivity index (χ4v) is 1.58. The summed E-state index contributed by atoms with van der Waals surface area (Å²) in [5, 5.41) is 2.62. The van der Waals surface area contributed by atoms with E-state index in [0.717, 1.165) is 0 Å². The highest BCUT2D eigenvalue weighted by atomic mass is 19.1. The summed E-state index contributed by atoms with van der Waals surface area (Å²) >= 11 is 0. The van der Waals surface area contributed by atoms with Crippen molar-refractivity contribution in [1.82, 2.24) is 4.90 Å². The van der Waals surface area contributed by atoms with Gasteiger partial charge in [0, 0.05) is 25.2 Å². The number of rotatable bonds is 7. The molecule has 0 unspecified atom stereocenters. The average molecular weight is 282 g/mol. The Morgan fingerprint density at radius 2 is 2.00 bits per heavy atom. The molecule has 0 radical (unpaired) electrons. The average Bonchev–Trinajstić information content (AvgIpc) is 2.42. The monoisotopic (exact) mass is 282 g/mol. The first-order valence-corrected chi connectivity index (χ1v) is 6.32. The maximum absolute atomic E-state index is 12.9. The lowest BCUT2D eigenvalue weighted by molar-refractivity contribution is -0.140. The first-order chi connectivity index (χ1) is 9.51. The Balaban J connectivity index is 2.27. The molecule has 0 spiro atoms. The minimum atomic E-state index is -0.391. The van der Waals surface area contributed by atoms with Crippen molar-refractivity contribution in [2.75, 3.05) is 32.6 Å². The van der Waals surface area contributed by atoms with E-state index in [1.54, 1.807) is 6.07 Å². The second-order valence-corrected chi connectivity index (χ2v) is 4.44. The summed E-state index contributed by atoms with van der Waals surface area (Å²) < 4.78 is 17.5. The Morgan fingerprint density at radius 3 is 2.65 bits per heavy atom. The summed E-state index contributed by atoms with van der Waals surface area (Å²) in [6.07, 6.45) is 0.562. The number of carbonyl (C=O) groups excluding carboxylic acids is 2. The van der Waals surface area contributed by atoms with E-state index < -0.39 is 5.82 Å². The fourth-order valence-electron chi connectivity index (χ4n) is 1.58. The van der Waals surface area contributed by atoms with Gasteiger partial charge in [-0.15, -0.1) is 0 Å². The zero-order valence-electron chi connectivity index (χ0n) is 11.7. The number of hydrogen-bond donors (Lipinski definition) is 1. The Kier molecular flexibility index (Phi) is 6.66. The highest BCUT2D eigenvalue weighted by molar-refractivity contribution is 5.90. The summed E-state index contributed by atoms with van der Waals surface area (Å²) in [6, 6.07) is 5.74. The molecule has 0 aliphatic rings. The number of benzene rings is 1. The van der Waals surface area contributed by atoms with Gasteiger partial charge in [0.05, 0.1) is 13.5 Å². The molecule has 0 heterocycles. The minimum Gasteiger partial charge on any atom is -0.469 e. The molecule has 0 saturated carbocycles. The molecule has 1 N–H and O–H groups in total. The van der Waals surface area contributed by atoms with Crippen molar-refractivity contribution >= 4 is 17.6 Å². The third-order valence-electron chi connectivity index (χ3n) is 2.75. The number of methoxy groups -OCH3 is 1. The van der Waals surface area contributed by atoms with E-state index >= 15 is 0 Å². The molecule has 1 amide bonds. The summed E-state index contributed by atoms with van der Waals surface area (Å²) in [5.74, 6) is -0.862. The lowest BCUT2D eigenvalue weighted by atomic mass is 10.3. The van der Waals surface area contributed by atoms with Crippen molar-refractivity contribution in [1.29, 1.82) is 0 Å². The van der Waals surface area contributed by atoms with Crippen LogP contribution in [-0.2, 0) is 14.3 Å². The SMILES string of the molecule is COC(=O)CCN(C)CCC(=O)Nc1cccc(F)c1. The van der Waals surface area contributed by atoms with E-state index in [0.29, 0.717) is 25.2 Å². The van der Waals surface area contributed by atoms with Gasteiger partial charge in [0.15, 0.2) is 0 Å². The second kappa shape index (κ2) is 8.27. The Bertz CT molecular complexity index is 465. The first kappa shape index (κ1) is 16.1. The van der Waals surface area contributed by atoms with Gasteiger partial charge in [0.25, 0.3) is 0 Å². The van der Waals surface area contributed by atoms with Gasteiger partial charge in [-0.25, -0.2) is 4.39 Å². The van der Waals surface area contributed by atoms with Crippen molar-refractivity contribution in [3.63, 3.8) is 0 Å². The second-order valence-electron chi connectivity index (χ2n) is 4.44. The number of anilines is 1. The Hall–Kier alpha value is -1.95. The smallest absolute Gasteiger partial charge is 0.306 e. The third-order valence-corrected chi connectivity index (χ3v) is 2.75. The number of carbonyl (C=O) groups is 2. The van der Waals surface area contributed by atoms with E-state index in [1.807, 2.05) is 11.9 Å². The van der Waals surface area contributed by atoms with Crippen LogP contribution in [0.25, 0.3) is 0 Å². The lowest BCUT2D eigenvalue weighted by Gasteiger charge is -2.15. The van der Waals surface area contributed by atoms with Crippen LogP contribution < -0.4 is 5.32 Å². The maximum atomic E-state index is 12.9. The van der Waals surface area contributed by atoms with Gasteiger partial charge in [0.1, 0.15) is 5.82 Å². The van der Waals surface area contributed by atoms with Crippen molar-refractivity contribution in [2.45, 2.75) is 12.8 Å². The van der Waals surface area contributed by atoms with Crippen LogP contribution in [0.3, 0.4) is 0 Å².